The van der Waals surface area contributed by atoms with E-state index >= 15 is 0 Å². The van der Waals surface area contributed by atoms with Gasteiger partial charge >= 0.3 is 0 Å². The summed E-state index contributed by atoms with van der Waals surface area (Å²) in [6, 6.07) is 16.1. The number of rotatable bonds is 12. The van der Waals surface area contributed by atoms with Crippen LogP contribution in [0.4, 0.5) is 5.82 Å². The van der Waals surface area contributed by atoms with Gasteiger partial charge in [0.1, 0.15) is 17.4 Å². The van der Waals surface area contributed by atoms with E-state index in [1.54, 1.807) is 0 Å². The lowest BCUT2D eigenvalue weighted by atomic mass is 10.1. The molecule has 0 atom stereocenters. The van der Waals surface area contributed by atoms with Gasteiger partial charge in [-0.15, -0.1) is 0 Å². The summed E-state index contributed by atoms with van der Waals surface area (Å²) in [4.78, 5) is 9.13. The second-order valence-electron chi connectivity index (χ2n) is 7.69. The summed E-state index contributed by atoms with van der Waals surface area (Å²) < 4.78 is 5.96. The predicted octanol–water partition coefficient (Wildman–Crippen LogP) is 6.32. The zero-order chi connectivity index (χ0) is 20.3. The van der Waals surface area contributed by atoms with Crippen molar-refractivity contribution in [3.8, 4) is 5.75 Å². The van der Waals surface area contributed by atoms with E-state index in [0.717, 1.165) is 41.1 Å². The summed E-state index contributed by atoms with van der Waals surface area (Å²) in [5.74, 6) is 2.19. The SMILES string of the molecule is CCCCCCCCCCOc1cccc(Cc2nc(N)c3ccccc3n2)c1. The molecule has 0 saturated carbocycles. The normalized spacial score (nSPS) is 11.1. The largest absolute Gasteiger partial charge is 0.494 e. The van der Waals surface area contributed by atoms with Gasteiger partial charge in [-0.3, -0.25) is 0 Å². The van der Waals surface area contributed by atoms with Crippen LogP contribution in [-0.2, 0) is 6.42 Å². The highest BCUT2D eigenvalue weighted by Crippen LogP contribution is 2.20. The van der Waals surface area contributed by atoms with E-state index < -0.39 is 0 Å². The number of nitrogens with zero attached hydrogens (tertiary/aromatic N) is 2. The minimum Gasteiger partial charge on any atom is -0.494 e. The molecule has 2 aromatic carbocycles. The molecule has 0 radical (unpaired) electrons. The van der Waals surface area contributed by atoms with Crippen LogP contribution in [0.25, 0.3) is 10.9 Å². The number of fused-ring (bicyclic) bond motifs is 1. The first-order valence-electron chi connectivity index (χ1n) is 11.0. The van der Waals surface area contributed by atoms with Crippen LogP contribution in [0, 0.1) is 0 Å². The molecule has 29 heavy (non-hydrogen) atoms. The summed E-state index contributed by atoms with van der Waals surface area (Å²) in [7, 11) is 0. The van der Waals surface area contributed by atoms with Gasteiger partial charge in [0.25, 0.3) is 0 Å². The number of benzene rings is 2. The maximum absolute atomic E-state index is 6.10. The number of hydrogen-bond acceptors (Lipinski definition) is 4. The predicted molar refractivity (Wildman–Crippen MR) is 121 cm³/mol. The fraction of sp³-hybridized carbons (Fsp3) is 0.440. The van der Waals surface area contributed by atoms with E-state index in [4.69, 9.17) is 10.5 Å². The quantitative estimate of drug-likeness (QED) is 0.367. The summed E-state index contributed by atoms with van der Waals surface area (Å²) in [5.41, 5.74) is 8.12. The second kappa shape index (κ2) is 11.4. The Balaban J connectivity index is 1.46. The molecule has 0 unspecified atom stereocenters. The Labute approximate surface area is 174 Å². The first kappa shape index (κ1) is 21.1. The lowest BCUT2D eigenvalue weighted by molar-refractivity contribution is 0.304. The van der Waals surface area contributed by atoms with Crippen molar-refractivity contribution in [2.45, 2.75) is 64.7 Å². The molecular weight excluding hydrogens is 358 g/mol. The van der Waals surface area contributed by atoms with Gasteiger partial charge in [0, 0.05) is 11.8 Å². The molecule has 0 bridgehead atoms. The molecule has 0 aliphatic carbocycles. The monoisotopic (exact) mass is 391 g/mol. The van der Waals surface area contributed by atoms with Crippen LogP contribution in [0.2, 0.25) is 0 Å². The Morgan fingerprint density at radius 1 is 0.828 bits per heavy atom. The van der Waals surface area contributed by atoms with Crippen molar-refractivity contribution < 1.29 is 4.74 Å². The Morgan fingerprint density at radius 2 is 1.59 bits per heavy atom. The average Bonchev–Trinajstić information content (AvgIpc) is 2.73. The fourth-order valence-electron chi connectivity index (χ4n) is 3.58. The van der Waals surface area contributed by atoms with E-state index in [1.807, 2.05) is 36.4 Å². The molecule has 3 rings (SSSR count). The van der Waals surface area contributed by atoms with Crippen molar-refractivity contribution in [3.63, 3.8) is 0 Å². The third-order valence-electron chi connectivity index (χ3n) is 5.21. The molecule has 0 aliphatic rings. The molecule has 1 heterocycles. The van der Waals surface area contributed by atoms with Crippen LogP contribution in [0.1, 0.15) is 69.7 Å². The maximum atomic E-state index is 6.10. The molecule has 0 fully saturated rings. The van der Waals surface area contributed by atoms with Gasteiger partial charge in [-0.25, -0.2) is 9.97 Å². The van der Waals surface area contributed by atoms with E-state index in [9.17, 15) is 0 Å². The second-order valence-corrected chi connectivity index (χ2v) is 7.69. The number of anilines is 1. The van der Waals surface area contributed by atoms with E-state index in [2.05, 4.69) is 29.0 Å². The van der Waals surface area contributed by atoms with Gasteiger partial charge in [-0.05, 0) is 36.2 Å². The number of para-hydroxylation sites is 1. The lowest BCUT2D eigenvalue weighted by Gasteiger charge is -2.09. The molecule has 4 heteroatoms. The van der Waals surface area contributed by atoms with Gasteiger partial charge in [0.2, 0.25) is 0 Å². The van der Waals surface area contributed by atoms with Crippen molar-refractivity contribution in [1.29, 1.82) is 0 Å². The number of ether oxygens (including phenoxy) is 1. The smallest absolute Gasteiger partial charge is 0.135 e. The first-order valence-corrected chi connectivity index (χ1v) is 11.0. The lowest BCUT2D eigenvalue weighted by Crippen LogP contribution is -2.02. The molecule has 0 aliphatic heterocycles. The van der Waals surface area contributed by atoms with E-state index in [-0.39, 0.29) is 0 Å². The van der Waals surface area contributed by atoms with Crippen LogP contribution in [-0.4, -0.2) is 16.6 Å². The van der Waals surface area contributed by atoms with Crippen molar-refractivity contribution in [1.82, 2.24) is 9.97 Å². The topological polar surface area (TPSA) is 61.0 Å². The number of nitrogen functional groups attached to an aromatic ring is 1. The van der Waals surface area contributed by atoms with Crippen LogP contribution in [0.5, 0.6) is 5.75 Å². The zero-order valence-corrected chi connectivity index (χ0v) is 17.6. The zero-order valence-electron chi connectivity index (χ0n) is 17.6. The minimum absolute atomic E-state index is 0.535. The van der Waals surface area contributed by atoms with Crippen LogP contribution in [0.3, 0.4) is 0 Å². The summed E-state index contributed by atoms with van der Waals surface area (Å²) in [6.07, 6.45) is 11.1. The molecule has 154 valence electrons. The highest BCUT2D eigenvalue weighted by Gasteiger charge is 2.06. The van der Waals surface area contributed by atoms with Crippen molar-refractivity contribution in [3.05, 3.63) is 59.9 Å². The first-order chi connectivity index (χ1) is 14.3. The van der Waals surface area contributed by atoms with Crippen molar-refractivity contribution in [2.24, 2.45) is 0 Å². The number of unbranched alkanes of at least 4 members (excludes halogenated alkanes) is 7. The molecule has 4 nitrogen and oxygen atoms in total. The van der Waals surface area contributed by atoms with E-state index in [0.29, 0.717) is 12.2 Å². The van der Waals surface area contributed by atoms with Crippen LogP contribution >= 0.6 is 0 Å². The molecular formula is C25H33N3O. The Morgan fingerprint density at radius 3 is 2.41 bits per heavy atom. The third-order valence-corrected chi connectivity index (χ3v) is 5.21. The highest BCUT2D eigenvalue weighted by molar-refractivity contribution is 5.87. The average molecular weight is 392 g/mol. The van der Waals surface area contributed by atoms with Gasteiger partial charge < -0.3 is 10.5 Å². The molecule has 0 spiro atoms. The van der Waals surface area contributed by atoms with Gasteiger partial charge in [-0.2, -0.15) is 0 Å². The van der Waals surface area contributed by atoms with E-state index in [1.165, 1.54) is 44.9 Å². The van der Waals surface area contributed by atoms with Crippen LogP contribution in [0.15, 0.2) is 48.5 Å². The summed E-state index contributed by atoms with van der Waals surface area (Å²) in [5, 5.41) is 0.902. The molecule has 2 N–H and O–H groups in total. The van der Waals surface area contributed by atoms with Gasteiger partial charge in [-0.1, -0.05) is 76.1 Å². The highest BCUT2D eigenvalue weighted by atomic mass is 16.5. The maximum Gasteiger partial charge on any atom is 0.135 e. The van der Waals surface area contributed by atoms with Crippen LogP contribution < -0.4 is 10.5 Å². The fourth-order valence-corrected chi connectivity index (χ4v) is 3.58. The molecule has 0 saturated heterocycles. The third kappa shape index (κ3) is 6.74. The molecule has 3 aromatic rings. The Hall–Kier alpha value is -2.62. The number of hydrogen-bond donors (Lipinski definition) is 1. The van der Waals surface area contributed by atoms with Gasteiger partial charge in [0.15, 0.2) is 0 Å². The Kier molecular flexibility index (Phi) is 8.29. The Bertz CT molecular complexity index is 894. The van der Waals surface area contributed by atoms with Crippen molar-refractivity contribution in [2.75, 3.05) is 12.3 Å². The van der Waals surface area contributed by atoms with Crippen molar-refractivity contribution >= 4 is 16.7 Å². The standard InChI is InChI=1S/C25H33N3O/c1-2-3-4-5-6-7-8-11-17-29-21-14-12-13-20(18-21)19-24-27-23-16-10-9-15-22(23)25(26)28-24/h9-10,12-16,18H,2-8,11,17,19H2,1H3,(H2,26,27,28). The number of nitrogens with two attached hydrogens (primary N) is 1. The minimum atomic E-state index is 0.535. The summed E-state index contributed by atoms with van der Waals surface area (Å²) in [6.45, 7) is 3.04. The van der Waals surface area contributed by atoms with Gasteiger partial charge in [0.05, 0.1) is 12.1 Å². The molecule has 1 aromatic heterocycles. The molecule has 0 amide bonds. The summed E-state index contributed by atoms with van der Waals surface area (Å²) >= 11 is 0. The number of aromatic nitrogens is 2.